The SMILES string of the molecule is O=C(c1ccc2ncc(-c3cccnc3)nc2c1)c1c(F)ccc(NS(=O)(=O)C2CC2)c1F. The van der Waals surface area contributed by atoms with Crippen LogP contribution in [0.15, 0.2) is 61.1 Å². The summed E-state index contributed by atoms with van der Waals surface area (Å²) in [6.07, 6.45) is 5.75. The monoisotopic (exact) mass is 466 g/mol. The number of anilines is 1. The number of ketones is 1. The number of pyridine rings is 1. The number of sulfonamides is 1. The Bertz CT molecular complexity index is 1510. The van der Waals surface area contributed by atoms with Gasteiger partial charge in [-0.05, 0) is 55.3 Å². The normalized spacial score (nSPS) is 13.8. The largest absolute Gasteiger partial charge is 0.288 e. The molecule has 5 rings (SSSR count). The summed E-state index contributed by atoms with van der Waals surface area (Å²) in [5.74, 6) is -3.30. The number of fused-ring (bicyclic) bond motifs is 1. The van der Waals surface area contributed by atoms with E-state index >= 15 is 4.39 Å². The van der Waals surface area contributed by atoms with Crippen LogP contribution in [0.5, 0.6) is 0 Å². The zero-order valence-electron chi connectivity index (χ0n) is 17.0. The van der Waals surface area contributed by atoms with Crippen molar-refractivity contribution >= 4 is 32.5 Å². The standard InChI is InChI=1S/C23H16F2N4O3S/c24-16-6-8-18(29-33(31,32)15-4-5-15)22(25)21(16)23(30)13-3-7-17-19(10-13)28-20(12-27-17)14-2-1-9-26-11-14/h1-3,6-12,15,29H,4-5H2. The third-order valence-corrected chi connectivity index (χ3v) is 7.15. The van der Waals surface area contributed by atoms with E-state index in [1.54, 1.807) is 30.7 Å². The summed E-state index contributed by atoms with van der Waals surface area (Å²) in [5.41, 5.74) is 0.762. The zero-order chi connectivity index (χ0) is 23.2. The Hall–Kier alpha value is -3.79. The van der Waals surface area contributed by atoms with E-state index < -0.39 is 43.9 Å². The van der Waals surface area contributed by atoms with E-state index in [1.807, 2.05) is 0 Å². The molecule has 7 nitrogen and oxygen atoms in total. The first-order valence-corrected chi connectivity index (χ1v) is 11.6. The van der Waals surface area contributed by atoms with Crippen molar-refractivity contribution in [1.82, 2.24) is 15.0 Å². The number of benzene rings is 2. The zero-order valence-corrected chi connectivity index (χ0v) is 17.8. The first-order valence-electron chi connectivity index (χ1n) is 10.0. The van der Waals surface area contributed by atoms with Gasteiger partial charge in [-0.3, -0.25) is 19.5 Å². The van der Waals surface area contributed by atoms with Crippen LogP contribution < -0.4 is 4.72 Å². The molecule has 2 heterocycles. The van der Waals surface area contributed by atoms with Crippen LogP contribution in [0.25, 0.3) is 22.3 Å². The Morgan fingerprint density at radius 2 is 1.85 bits per heavy atom. The van der Waals surface area contributed by atoms with Crippen LogP contribution in [-0.4, -0.2) is 34.4 Å². The molecule has 4 aromatic rings. The maximum absolute atomic E-state index is 15.1. The lowest BCUT2D eigenvalue weighted by Crippen LogP contribution is -2.19. The molecule has 166 valence electrons. The molecule has 0 aliphatic heterocycles. The van der Waals surface area contributed by atoms with E-state index in [1.165, 1.54) is 18.2 Å². The highest BCUT2D eigenvalue weighted by molar-refractivity contribution is 7.93. The summed E-state index contributed by atoms with van der Waals surface area (Å²) in [6.45, 7) is 0. The van der Waals surface area contributed by atoms with E-state index in [-0.39, 0.29) is 5.56 Å². The van der Waals surface area contributed by atoms with Gasteiger partial charge in [0.1, 0.15) is 5.82 Å². The quantitative estimate of drug-likeness (QED) is 0.429. The number of hydrogen-bond donors (Lipinski definition) is 1. The van der Waals surface area contributed by atoms with Crippen molar-refractivity contribution < 1.29 is 22.0 Å². The number of carbonyl (C=O) groups excluding carboxylic acids is 1. The van der Waals surface area contributed by atoms with Crippen LogP contribution in [0.3, 0.4) is 0 Å². The molecule has 1 saturated carbocycles. The van der Waals surface area contributed by atoms with Gasteiger partial charge in [0.05, 0.1) is 39.4 Å². The summed E-state index contributed by atoms with van der Waals surface area (Å²) >= 11 is 0. The number of nitrogens with one attached hydrogen (secondary N) is 1. The first kappa shape index (κ1) is 21.1. The molecule has 2 aromatic heterocycles. The van der Waals surface area contributed by atoms with Crippen LogP contribution in [0.1, 0.15) is 28.8 Å². The van der Waals surface area contributed by atoms with Crippen molar-refractivity contribution in [2.75, 3.05) is 4.72 Å². The molecule has 1 N–H and O–H groups in total. The summed E-state index contributed by atoms with van der Waals surface area (Å²) in [7, 11) is -3.79. The van der Waals surface area contributed by atoms with Crippen molar-refractivity contribution in [1.29, 1.82) is 0 Å². The van der Waals surface area contributed by atoms with Crippen molar-refractivity contribution in [3.05, 3.63) is 83.8 Å². The van der Waals surface area contributed by atoms with E-state index in [4.69, 9.17) is 0 Å². The van der Waals surface area contributed by atoms with Gasteiger partial charge in [0, 0.05) is 23.5 Å². The minimum absolute atomic E-state index is 0.0138. The highest BCUT2D eigenvalue weighted by Gasteiger charge is 2.36. The van der Waals surface area contributed by atoms with Crippen LogP contribution >= 0.6 is 0 Å². The minimum Gasteiger partial charge on any atom is -0.288 e. The number of halogens is 2. The highest BCUT2D eigenvalue weighted by atomic mass is 32.2. The van der Waals surface area contributed by atoms with Gasteiger partial charge in [-0.2, -0.15) is 0 Å². The molecule has 0 saturated heterocycles. The molecular weight excluding hydrogens is 450 g/mol. The summed E-state index contributed by atoms with van der Waals surface area (Å²) in [4.78, 5) is 25.9. The summed E-state index contributed by atoms with van der Waals surface area (Å²) in [5, 5.41) is -0.603. The van der Waals surface area contributed by atoms with Crippen molar-refractivity contribution in [2.24, 2.45) is 0 Å². The summed E-state index contributed by atoms with van der Waals surface area (Å²) < 4.78 is 56.0. The van der Waals surface area contributed by atoms with Gasteiger partial charge >= 0.3 is 0 Å². The van der Waals surface area contributed by atoms with Gasteiger partial charge in [0.15, 0.2) is 11.6 Å². The lowest BCUT2D eigenvalue weighted by molar-refractivity contribution is 0.103. The fraction of sp³-hybridized carbons (Fsp3) is 0.130. The predicted octanol–water partition coefficient (Wildman–Crippen LogP) is 4.11. The Balaban J connectivity index is 1.53. The number of aromatic nitrogens is 3. The first-order chi connectivity index (χ1) is 15.8. The molecule has 1 aliphatic carbocycles. The lowest BCUT2D eigenvalue weighted by atomic mass is 10.0. The van der Waals surface area contributed by atoms with Crippen LogP contribution in [0.4, 0.5) is 14.5 Å². The number of carbonyl (C=O) groups is 1. The Kier molecular flexibility index (Phi) is 5.09. The molecule has 0 radical (unpaired) electrons. The van der Waals surface area contributed by atoms with Crippen LogP contribution in [0.2, 0.25) is 0 Å². The van der Waals surface area contributed by atoms with Crippen LogP contribution in [0, 0.1) is 11.6 Å². The molecule has 1 aliphatic rings. The number of hydrogen-bond acceptors (Lipinski definition) is 6. The predicted molar refractivity (Wildman–Crippen MR) is 118 cm³/mol. The smallest absolute Gasteiger partial charge is 0.235 e. The van der Waals surface area contributed by atoms with Gasteiger partial charge in [-0.15, -0.1) is 0 Å². The molecule has 0 spiro atoms. The lowest BCUT2D eigenvalue weighted by Gasteiger charge is -2.12. The molecule has 33 heavy (non-hydrogen) atoms. The van der Waals surface area contributed by atoms with E-state index in [0.29, 0.717) is 29.6 Å². The third-order valence-electron chi connectivity index (χ3n) is 5.30. The van der Waals surface area contributed by atoms with Crippen LogP contribution in [-0.2, 0) is 10.0 Å². The Morgan fingerprint density at radius 3 is 2.58 bits per heavy atom. The van der Waals surface area contributed by atoms with Crippen molar-refractivity contribution in [2.45, 2.75) is 18.1 Å². The third kappa shape index (κ3) is 4.05. The van der Waals surface area contributed by atoms with Gasteiger partial charge in [0.2, 0.25) is 10.0 Å². The number of nitrogens with zero attached hydrogens (tertiary/aromatic N) is 3. The topological polar surface area (TPSA) is 102 Å². The van der Waals surface area contributed by atoms with Gasteiger partial charge in [0.25, 0.3) is 0 Å². The molecule has 0 amide bonds. The second kappa shape index (κ2) is 7.96. The second-order valence-corrected chi connectivity index (χ2v) is 9.62. The van der Waals surface area contributed by atoms with Crippen molar-refractivity contribution in [3.63, 3.8) is 0 Å². The molecule has 10 heteroatoms. The Labute approximate surface area is 187 Å². The maximum Gasteiger partial charge on any atom is 0.235 e. The molecule has 2 aromatic carbocycles. The highest BCUT2D eigenvalue weighted by Crippen LogP contribution is 2.32. The fourth-order valence-corrected chi connectivity index (χ4v) is 4.79. The van der Waals surface area contributed by atoms with Gasteiger partial charge < -0.3 is 0 Å². The van der Waals surface area contributed by atoms with Gasteiger partial charge in [-0.1, -0.05) is 0 Å². The van der Waals surface area contributed by atoms with E-state index in [2.05, 4.69) is 19.7 Å². The van der Waals surface area contributed by atoms with Gasteiger partial charge in [-0.25, -0.2) is 22.2 Å². The average Bonchev–Trinajstić information content (AvgIpc) is 3.67. The maximum atomic E-state index is 15.1. The number of rotatable bonds is 6. The average molecular weight is 466 g/mol. The van der Waals surface area contributed by atoms with E-state index in [0.717, 1.165) is 17.7 Å². The molecule has 0 unspecified atom stereocenters. The molecule has 0 atom stereocenters. The fourth-order valence-electron chi connectivity index (χ4n) is 3.40. The summed E-state index contributed by atoms with van der Waals surface area (Å²) in [6, 6.07) is 9.69. The van der Waals surface area contributed by atoms with E-state index in [9.17, 15) is 17.6 Å². The molecule has 0 bridgehead atoms. The Morgan fingerprint density at radius 1 is 1.03 bits per heavy atom. The second-order valence-electron chi connectivity index (χ2n) is 7.66. The minimum atomic E-state index is -3.79. The van der Waals surface area contributed by atoms with Crippen molar-refractivity contribution in [3.8, 4) is 11.3 Å². The molecular formula is C23H16F2N4O3S. The molecule has 1 fully saturated rings.